The maximum absolute atomic E-state index is 5.38. The van der Waals surface area contributed by atoms with Crippen molar-refractivity contribution in [3.63, 3.8) is 0 Å². The number of hydrogen-bond donors (Lipinski definition) is 0. The van der Waals surface area contributed by atoms with Crippen LogP contribution >= 0.6 is 11.3 Å². The van der Waals surface area contributed by atoms with Crippen molar-refractivity contribution in [3.8, 4) is 10.6 Å². The quantitative estimate of drug-likeness (QED) is 0.806. The molecular weight excluding hydrogens is 230 g/mol. The van der Waals surface area contributed by atoms with Crippen LogP contribution in [0.4, 0.5) is 0 Å². The summed E-state index contributed by atoms with van der Waals surface area (Å²) >= 11 is 1.79. The zero-order valence-corrected chi connectivity index (χ0v) is 10.4. The molecule has 0 aliphatic carbocycles. The summed E-state index contributed by atoms with van der Waals surface area (Å²) in [6.07, 6.45) is 4.11. The molecule has 1 saturated heterocycles. The molecule has 2 aromatic rings. The lowest BCUT2D eigenvalue weighted by Crippen LogP contribution is -2.13. The van der Waals surface area contributed by atoms with E-state index in [1.54, 1.807) is 11.3 Å². The topological polar surface area (TPSA) is 22.1 Å². The molecular formula is C14H14NOS. The summed E-state index contributed by atoms with van der Waals surface area (Å²) in [5.41, 5.74) is 1.21. The highest BCUT2D eigenvalue weighted by Crippen LogP contribution is 2.33. The molecule has 1 aromatic carbocycles. The van der Waals surface area contributed by atoms with Gasteiger partial charge in [-0.3, -0.25) is 0 Å². The van der Waals surface area contributed by atoms with Gasteiger partial charge >= 0.3 is 0 Å². The number of thiazole rings is 1. The molecule has 0 atom stereocenters. The molecule has 0 amide bonds. The summed E-state index contributed by atoms with van der Waals surface area (Å²) in [5.74, 6) is 1.50. The standard InChI is InChI=1S/C14H14NOS/c1-2-4-12(5-3-1)14-15-10-13(17-14)11-6-8-16-9-7-11/h1-5,10H,6-9H2. The Morgan fingerprint density at radius 2 is 1.82 bits per heavy atom. The van der Waals surface area contributed by atoms with E-state index >= 15 is 0 Å². The van der Waals surface area contributed by atoms with Gasteiger partial charge in [0.1, 0.15) is 5.01 Å². The second-order valence-electron chi connectivity index (χ2n) is 4.11. The normalized spacial score (nSPS) is 17.2. The Bertz CT molecular complexity index is 474. The lowest BCUT2D eigenvalue weighted by Gasteiger charge is -2.19. The highest BCUT2D eigenvalue weighted by molar-refractivity contribution is 7.15. The lowest BCUT2D eigenvalue weighted by atomic mass is 9.99. The van der Waals surface area contributed by atoms with Crippen LogP contribution < -0.4 is 0 Å². The Labute approximate surface area is 105 Å². The molecule has 0 bridgehead atoms. The number of benzene rings is 1. The third kappa shape index (κ3) is 2.40. The van der Waals surface area contributed by atoms with Gasteiger partial charge in [0.25, 0.3) is 0 Å². The minimum absolute atomic E-state index is 0.855. The first kappa shape index (κ1) is 10.9. The van der Waals surface area contributed by atoms with Gasteiger partial charge in [0.05, 0.1) is 0 Å². The Hall–Kier alpha value is -1.19. The minimum atomic E-state index is 0.855. The summed E-state index contributed by atoms with van der Waals surface area (Å²) < 4.78 is 5.38. The first-order valence-corrected chi connectivity index (χ1v) is 6.69. The van der Waals surface area contributed by atoms with Gasteiger partial charge in [0.2, 0.25) is 0 Å². The third-order valence-corrected chi connectivity index (χ3v) is 4.12. The van der Waals surface area contributed by atoms with E-state index in [4.69, 9.17) is 4.74 Å². The molecule has 0 N–H and O–H groups in total. The van der Waals surface area contributed by atoms with Crippen molar-refractivity contribution in [2.45, 2.75) is 12.8 Å². The van der Waals surface area contributed by atoms with Gasteiger partial charge < -0.3 is 4.74 Å². The lowest BCUT2D eigenvalue weighted by molar-refractivity contribution is 0.110. The monoisotopic (exact) mass is 244 g/mol. The fourth-order valence-electron chi connectivity index (χ4n) is 2.02. The van der Waals surface area contributed by atoms with Crippen LogP contribution in [0, 0.1) is 5.92 Å². The number of nitrogens with zero attached hydrogens (tertiary/aromatic N) is 1. The van der Waals surface area contributed by atoms with E-state index in [1.807, 2.05) is 12.3 Å². The minimum Gasteiger partial charge on any atom is -0.381 e. The number of ether oxygens (including phenoxy) is 1. The molecule has 1 aromatic heterocycles. The van der Waals surface area contributed by atoms with Crippen LogP contribution in [-0.2, 0) is 4.74 Å². The van der Waals surface area contributed by atoms with Crippen LogP contribution in [0.15, 0.2) is 36.5 Å². The molecule has 1 aliphatic heterocycles. The SMILES string of the molecule is c1ccc(-c2ncc([C]3CCOCC3)s2)cc1. The van der Waals surface area contributed by atoms with E-state index in [0.29, 0.717) is 0 Å². The van der Waals surface area contributed by atoms with Gasteiger partial charge in [-0.2, -0.15) is 0 Å². The number of hydrogen-bond acceptors (Lipinski definition) is 3. The van der Waals surface area contributed by atoms with E-state index in [9.17, 15) is 0 Å². The molecule has 1 fully saturated rings. The largest absolute Gasteiger partial charge is 0.381 e. The summed E-state index contributed by atoms with van der Waals surface area (Å²) in [7, 11) is 0. The molecule has 2 heterocycles. The molecule has 1 aliphatic rings. The van der Waals surface area contributed by atoms with Crippen molar-refractivity contribution in [1.29, 1.82) is 0 Å². The van der Waals surface area contributed by atoms with E-state index in [0.717, 1.165) is 31.1 Å². The second kappa shape index (κ2) is 4.98. The van der Waals surface area contributed by atoms with Crippen LogP contribution in [0.3, 0.4) is 0 Å². The second-order valence-corrected chi connectivity index (χ2v) is 5.14. The summed E-state index contributed by atoms with van der Waals surface area (Å²) in [4.78, 5) is 5.84. The van der Waals surface area contributed by atoms with Gasteiger partial charge in [-0.1, -0.05) is 30.3 Å². The molecule has 1 radical (unpaired) electrons. The molecule has 0 unspecified atom stereocenters. The van der Waals surface area contributed by atoms with Crippen molar-refractivity contribution in [2.75, 3.05) is 13.2 Å². The van der Waals surface area contributed by atoms with Gasteiger partial charge in [-0.15, -0.1) is 11.3 Å². The van der Waals surface area contributed by atoms with Crippen molar-refractivity contribution in [2.24, 2.45) is 0 Å². The summed E-state index contributed by atoms with van der Waals surface area (Å²) in [5, 5.41) is 1.11. The van der Waals surface area contributed by atoms with Crippen LogP contribution in [0.1, 0.15) is 17.7 Å². The van der Waals surface area contributed by atoms with Crippen LogP contribution in [0.2, 0.25) is 0 Å². The maximum Gasteiger partial charge on any atom is 0.123 e. The zero-order chi connectivity index (χ0) is 11.5. The number of rotatable bonds is 2. The van der Waals surface area contributed by atoms with E-state index in [1.165, 1.54) is 16.4 Å². The summed E-state index contributed by atoms with van der Waals surface area (Å²) in [6, 6.07) is 10.4. The average molecular weight is 244 g/mol. The van der Waals surface area contributed by atoms with Gasteiger partial charge in [-0.05, 0) is 12.8 Å². The highest BCUT2D eigenvalue weighted by Gasteiger charge is 2.19. The van der Waals surface area contributed by atoms with Crippen molar-refractivity contribution >= 4 is 11.3 Å². The molecule has 0 spiro atoms. The first-order valence-electron chi connectivity index (χ1n) is 5.87. The van der Waals surface area contributed by atoms with Gasteiger partial charge in [0, 0.05) is 35.8 Å². The fourth-order valence-corrected chi connectivity index (χ4v) is 3.04. The third-order valence-electron chi connectivity index (χ3n) is 2.97. The Balaban J connectivity index is 1.83. The van der Waals surface area contributed by atoms with Crippen LogP contribution in [-0.4, -0.2) is 18.2 Å². The molecule has 2 nitrogen and oxygen atoms in total. The fraction of sp³-hybridized carbons (Fsp3) is 0.286. The van der Waals surface area contributed by atoms with Crippen LogP contribution in [0.5, 0.6) is 0 Å². The van der Waals surface area contributed by atoms with Gasteiger partial charge in [-0.25, -0.2) is 4.98 Å². The Morgan fingerprint density at radius 1 is 1.06 bits per heavy atom. The number of aromatic nitrogens is 1. The maximum atomic E-state index is 5.38. The Kier molecular flexibility index (Phi) is 3.20. The van der Waals surface area contributed by atoms with E-state index in [2.05, 4.69) is 29.2 Å². The predicted octanol–water partition coefficient (Wildman–Crippen LogP) is 3.54. The Morgan fingerprint density at radius 3 is 2.59 bits per heavy atom. The van der Waals surface area contributed by atoms with E-state index < -0.39 is 0 Å². The van der Waals surface area contributed by atoms with Crippen LogP contribution in [0.25, 0.3) is 10.6 Å². The van der Waals surface area contributed by atoms with Crippen molar-refractivity contribution in [1.82, 2.24) is 4.98 Å². The predicted molar refractivity (Wildman–Crippen MR) is 69.9 cm³/mol. The molecule has 3 rings (SSSR count). The molecule has 17 heavy (non-hydrogen) atoms. The van der Waals surface area contributed by atoms with Gasteiger partial charge in [0.15, 0.2) is 0 Å². The summed E-state index contributed by atoms with van der Waals surface area (Å²) in [6.45, 7) is 1.71. The zero-order valence-electron chi connectivity index (χ0n) is 9.56. The average Bonchev–Trinajstić information content (AvgIpc) is 2.90. The first-order chi connectivity index (χ1) is 8.43. The molecule has 0 saturated carbocycles. The highest BCUT2D eigenvalue weighted by atomic mass is 32.1. The molecule has 3 heteroatoms. The van der Waals surface area contributed by atoms with E-state index in [-0.39, 0.29) is 0 Å². The smallest absolute Gasteiger partial charge is 0.123 e. The molecule has 87 valence electrons. The van der Waals surface area contributed by atoms with Crippen molar-refractivity contribution in [3.05, 3.63) is 47.3 Å². The van der Waals surface area contributed by atoms with Crippen molar-refractivity contribution < 1.29 is 4.74 Å².